The Bertz CT molecular complexity index is 1450. The number of halogens is 1. The average Bonchev–Trinajstić information content (AvgIpc) is 3.24. The van der Waals surface area contributed by atoms with Crippen molar-refractivity contribution in [1.82, 2.24) is 25.5 Å². The van der Waals surface area contributed by atoms with Gasteiger partial charge in [0.25, 0.3) is 10.0 Å². The average molecular weight is 499 g/mol. The Labute approximate surface area is 201 Å². The molecule has 182 valence electrons. The van der Waals surface area contributed by atoms with Gasteiger partial charge in [0.1, 0.15) is 28.8 Å². The zero-order chi connectivity index (χ0) is 24.4. The van der Waals surface area contributed by atoms with Crippen LogP contribution in [-0.4, -0.2) is 61.0 Å². The van der Waals surface area contributed by atoms with Gasteiger partial charge in [0, 0.05) is 30.0 Å². The number of hydrogen-bond donors (Lipinski definition) is 3. The van der Waals surface area contributed by atoms with E-state index in [1.807, 2.05) is 6.92 Å². The second-order valence-corrected chi connectivity index (χ2v) is 9.67. The molecule has 0 spiro atoms. The monoisotopic (exact) mass is 498 g/mol. The van der Waals surface area contributed by atoms with Crippen molar-refractivity contribution in [2.75, 3.05) is 31.0 Å². The summed E-state index contributed by atoms with van der Waals surface area (Å²) in [5, 5.41) is 11.1. The van der Waals surface area contributed by atoms with Crippen LogP contribution in [0.2, 0.25) is 0 Å². The highest BCUT2D eigenvalue weighted by Gasteiger charge is 2.20. The maximum atomic E-state index is 14.0. The number of hydrogen-bond acceptors (Lipinski definition) is 8. The molecule has 0 aliphatic carbocycles. The Morgan fingerprint density at radius 1 is 1.17 bits per heavy atom. The normalized spacial score (nSPS) is 16.3. The number of rotatable bonds is 7. The summed E-state index contributed by atoms with van der Waals surface area (Å²) < 4.78 is 53.2. The molecule has 1 aliphatic heterocycles. The van der Waals surface area contributed by atoms with E-state index in [9.17, 15) is 12.8 Å². The minimum absolute atomic E-state index is 0.0915. The largest absolute Gasteiger partial charge is 0.474 e. The number of aromatic amines is 1. The summed E-state index contributed by atoms with van der Waals surface area (Å²) in [6, 6.07) is 11.6. The maximum absolute atomic E-state index is 14.0. The van der Waals surface area contributed by atoms with E-state index < -0.39 is 20.7 Å². The van der Waals surface area contributed by atoms with E-state index in [1.54, 1.807) is 24.3 Å². The van der Waals surface area contributed by atoms with E-state index >= 15 is 0 Å². The fourth-order valence-electron chi connectivity index (χ4n) is 3.72. The summed E-state index contributed by atoms with van der Waals surface area (Å²) in [4.78, 5) is 8.69. The summed E-state index contributed by atoms with van der Waals surface area (Å²) in [6.07, 6.45) is -0.0915. The number of benzene rings is 2. The smallest absolute Gasteiger partial charge is 0.264 e. The molecule has 5 rings (SSSR count). The maximum Gasteiger partial charge on any atom is 0.264 e. The highest BCUT2D eigenvalue weighted by molar-refractivity contribution is 7.92. The molecule has 0 bridgehead atoms. The number of anilines is 1. The van der Waals surface area contributed by atoms with E-state index in [0.29, 0.717) is 48.1 Å². The topological polar surface area (TPSA) is 131 Å². The molecule has 1 fully saturated rings. The second kappa shape index (κ2) is 9.56. The van der Waals surface area contributed by atoms with Crippen LogP contribution >= 0.6 is 0 Å². The van der Waals surface area contributed by atoms with Crippen LogP contribution in [-0.2, 0) is 14.8 Å². The van der Waals surface area contributed by atoms with Crippen LogP contribution in [0, 0.1) is 12.7 Å². The van der Waals surface area contributed by atoms with Crippen LogP contribution in [0.4, 0.5) is 10.1 Å². The molecule has 12 heteroatoms. The van der Waals surface area contributed by atoms with Gasteiger partial charge in [0.2, 0.25) is 5.88 Å². The molecule has 1 atom stereocenters. The van der Waals surface area contributed by atoms with Gasteiger partial charge in [0.05, 0.1) is 6.61 Å². The summed E-state index contributed by atoms with van der Waals surface area (Å²) in [7, 11) is -4.08. The number of sulfonamides is 1. The van der Waals surface area contributed by atoms with Crippen molar-refractivity contribution in [3.8, 4) is 17.3 Å². The number of nitrogens with one attached hydrogen (secondary N) is 3. The van der Waals surface area contributed by atoms with E-state index in [2.05, 4.69) is 30.2 Å². The SMILES string of the molecule is Cc1[nH]nc2nc(-c3ccc(NS(=O)(=O)c4ccccc4F)cc3)nc(OCC3CNCCO3)c12. The fourth-order valence-corrected chi connectivity index (χ4v) is 4.86. The molecule has 10 nitrogen and oxygen atoms in total. The lowest BCUT2D eigenvalue weighted by Gasteiger charge is -2.23. The van der Waals surface area contributed by atoms with Gasteiger partial charge in [-0.25, -0.2) is 17.8 Å². The Kier molecular flexibility index (Phi) is 6.32. The first-order valence-corrected chi connectivity index (χ1v) is 12.4. The van der Waals surface area contributed by atoms with Crippen LogP contribution in [0.3, 0.4) is 0 Å². The van der Waals surface area contributed by atoms with Crippen molar-refractivity contribution in [3.05, 3.63) is 60.0 Å². The lowest BCUT2D eigenvalue weighted by atomic mass is 10.2. The van der Waals surface area contributed by atoms with Gasteiger partial charge in [-0.3, -0.25) is 9.82 Å². The van der Waals surface area contributed by atoms with E-state index in [4.69, 9.17) is 9.47 Å². The number of fused-ring (bicyclic) bond motifs is 1. The van der Waals surface area contributed by atoms with Gasteiger partial charge in [0.15, 0.2) is 11.5 Å². The molecule has 1 aliphatic rings. The molecule has 1 unspecified atom stereocenters. The zero-order valence-corrected chi connectivity index (χ0v) is 19.6. The molecule has 0 saturated carbocycles. The van der Waals surface area contributed by atoms with Crippen molar-refractivity contribution in [3.63, 3.8) is 0 Å². The third-order valence-electron chi connectivity index (χ3n) is 5.49. The van der Waals surface area contributed by atoms with Crippen LogP contribution in [0.25, 0.3) is 22.4 Å². The number of ether oxygens (including phenoxy) is 2. The molecular formula is C23H23FN6O4S. The molecular weight excluding hydrogens is 475 g/mol. The van der Waals surface area contributed by atoms with Crippen LogP contribution in [0.1, 0.15) is 5.69 Å². The van der Waals surface area contributed by atoms with Gasteiger partial charge in [-0.15, -0.1) is 0 Å². The Balaban J connectivity index is 1.39. The minimum Gasteiger partial charge on any atom is -0.474 e. The third kappa shape index (κ3) is 4.94. The molecule has 3 heterocycles. The molecule has 2 aromatic carbocycles. The first-order valence-electron chi connectivity index (χ1n) is 11.0. The summed E-state index contributed by atoms with van der Waals surface area (Å²) >= 11 is 0. The van der Waals surface area contributed by atoms with Crippen LogP contribution in [0.15, 0.2) is 53.4 Å². The number of H-pyrrole nitrogens is 1. The van der Waals surface area contributed by atoms with Crippen LogP contribution < -0.4 is 14.8 Å². The molecule has 0 amide bonds. The van der Waals surface area contributed by atoms with E-state index in [-0.39, 0.29) is 11.8 Å². The molecule has 0 radical (unpaired) electrons. The van der Waals surface area contributed by atoms with Crippen molar-refractivity contribution in [2.45, 2.75) is 17.9 Å². The highest BCUT2D eigenvalue weighted by atomic mass is 32.2. The first kappa shape index (κ1) is 23.1. The number of aromatic nitrogens is 4. The predicted molar refractivity (Wildman–Crippen MR) is 127 cm³/mol. The highest BCUT2D eigenvalue weighted by Crippen LogP contribution is 2.29. The summed E-state index contributed by atoms with van der Waals surface area (Å²) in [5.74, 6) is -0.0745. The van der Waals surface area contributed by atoms with Crippen molar-refractivity contribution >= 4 is 26.7 Å². The van der Waals surface area contributed by atoms with Crippen LogP contribution in [0.5, 0.6) is 5.88 Å². The standard InChI is InChI=1S/C23H23FN6O4S/c1-14-20-22(29-28-14)26-21(27-23(20)34-13-17-12-25-10-11-33-17)15-6-8-16(9-7-15)30-35(31,32)19-5-3-2-4-18(19)24/h2-9,17,25,30H,10-13H2,1H3,(H,26,27,28,29). The quantitative estimate of drug-likeness (QED) is 0.354. The van der Waals surface area contributed by atoms with Gasteiger partial charge >= 0.3 is 0 Å². The number of morpholine rings is 1. The molecule has 2 aromatic heterocycles. The molecule has 1 saturated heterocycles. The first-order chi connectivity index (χ1) is 16.9. The van der Waals surface area contributed by atoms with Gasteiger partial charge in [-0.2, -0.15) is 10.1 Å². The van der Waals surface area contributed by atoms with Gasteiger partial charge in [-0.05, 0) is 43.3 Å². The lowest BCUT2D eigenvalue weighted by molar-refractivity contribution is -0.000388. The Morgan fingerprint density at radius 3 is 2.71 bits per heavy atom. The van der Waals surface area contributed by atoms with Crippen molar-refractivity contribution < 1.29 is 22.3 Å². The van der Waals surface area contributed by atoms with E-state index in [1.165, 1.54) is 18.2 Å². The Hall–Kier alpha value is -3.61. The second-order valence-electron chi connectivity index (χ2n) is 8.02. The van der Waals surface area contributed by atoms with Crippen molar-refractivity contribution in [2.24, 2.45) is 0 Å². The Morgan fingerprint density at radius 2 is 1.97 bits per heavy atom. The predicted octanol–water partition coefficient (Wildman–Crippen LogP) is 2.64. The van der Waals surface area contributed by atoms with Gasteiger partial charge < -0.3 is 14.8 Å². The van der Waals surface area contributed by atoms with Crippen molar-refractivity contribution in [1.29, 1.82) is 0 Å². The summed E-state index contributed by atoms with van der Waals surface area (Å²) in [6.45, 7) is 4.30. The number of nitrogens with zero attached hydrogens (tertiary/aromatic N) is 3. The summed E-state index contributed by atoms with van der Waals surface area (Å²) in [5.41, 5.74) is 2.13. The fraction of sp³-hybridized carbons (Fsp3) is 0.261. The van der Waals surface area contributed by atoms with E-state index in [0.717, 1.165) is 18.3 Å². The zero-order valence-electron chi connectivity index (χ0n) is 18.8. The molecule has 4 aromatic rings. The lowest BCUT2D eigenvalue weighted by Crippen LogP contribution is -2.41. The third-order valence-corrected chi connectivity index (χ3v) is 6.91. The molecule has 35 heavy (non-hydrogen) atoms. The number of aryl methyl sites for hydroxylation is 1. The van der Waals surface area contributed by atoms with Gasteiger partial charge in [-0.1, -0.05) is 12.1 Å². The molecule has 3 N–H and O–H groups in total. The minimum atomic E-state index is -4.08.